The third-order valence-electron chi connectivity index (χ3n) is 6.45. The molecule has 3 aromatic heterocycles. The van der Waals surface area contributed by atoms with E-state index in [2.05, 4.69) is 24.3 Å². The van der Waals surface area contributed by atoms with Crippen LogP contribution in [0, 0.1) is 0 Å². The van der Waals surface area contributed by atoms with Crippen molar-refractivity contribution in [3.05, 3.63) is 68.8 Å². The Bertz CT molecular complexity index is 1340. The number of benzene rings is 1. The number of thiophene rings is 2. The van der Waals surface area contributed by atoms with Crippen molar-refractivity contribution in [3.8, 4) is 11.1 Å². The molecule has 0 unspecified atom stereocenters. The zero-order chi connectivity index (χ0) is 25.3. The Morgan fingerprint density at radius 1 is 1.11 bits per heavy atom. The molecular formula is C29H31ClN2O2S2. The molecule has 1 aliphatic carbocycles. The van der Waals surface area contributed by atoms with E-state index in [0.29, 0.717) is 17.6 Å². The molecule has 1 amide bonds. The normalized spacial score (nSPS) is 14.8. The highest BCUT2D eigenvalue weighted by Gasteiger charge is 2.30. The van der Waals surface area contributed by atoms with Gasteiger partial charge in [-0.15, -0.1) is 22.7 Å². The maximum absolute atomic E-state index is 13.6. The molecule has 1 saturated carbocycles. The predicted octanol–water partition coefficient (Wildman–Crippen LogP) is 9.67. The molecular weight excluding hydrogens is 508 g/mol. The van der Waals surface area contributed by atoms with Crippen LogP contribution in [0.25, 0.3) is 21.3 Å². The van der Waals surface area contributed by atoms with Gasteiger partial charge >= 0.3 is 6.09 Å². The summed E-state index contributed by atoms with van der Waals surface area (Å²) in [5.74, 6) is 0.493. The number of halogens is 1. The number of amides is 1. The molecule has 188 valence electrons. The van der Waals surface area contributed by atoms with Crippen molar-refractivity contribution < 1.29 is 9.53 Å². The van der Waals surface area contributed by atoms with Gasteiger partial charge in [0.25, 0.3) is 0 Å². The van der Waals surface area contributed by atoms with E-state index in [1.54, 1.807) is 27.6 Å². The van der Waals surface area contributed by atoms with Gasteiger partial charge in [0.1, 0.15) is 10.8 Å². The summed E-state index contributed by atoms with van der Waals surface area (Å²) in [6.45, 7) is 6.09. The number of pyridine rings is 1. The third kappa shape index (κ3) is 5.46. The lowest BCUT2D eigenvalue weighted by Crippen LogP contribution is -2.36. The minimum absolute atomic E-state index is 0.377. The summed E-state index contributed by atoms with van der Waals surface area (Å²) in [7, 11) is 0. The van der Waals surface area contributed by atoms with Crippen LogP contribution in [0.3, 0.4) is 0 Å². The fourth-order valence-electron chi connectivity index (χ4n) is 4.90. The molecule has 3 heterocycles. The molecule has 0 aliphatic heterocycles. The Kier molecular flexibility index (Phi) is 7.38. The van der Waals surface area contributed by atoms with E-state index in [4.69, 9.17) is 21.3 Å². The van der Waals surface area contributed by atoms with Crippen LogP contribution in [0.2, 0.25) is 5.15 Å². The molecule has 0 spiro atoms. The Balaban J connectivity index is 1.71. The van der Waals surface area contributed by atoms with Crippen LogP contribution in [0.5, 0.6) is 0 Å². The molecule has 0 N–H and O–H groups in total. The van der Waals surface area contributed by atoms with Crippen molar-refractivity contribution >= 4 is 56.3 Å². The van der Waals surface area contributed by atoms with Gasteiger partial charge in [0.2, 0.25) is 0 Å². The number of ether oxygens (including phenoxy) is 1. The molecule has 0 radical (unpaired) electrons. The lowest BCUT2D eigenvalue weighted by Gasteiger charge is -2.27. The van der Waals surface area contributed by atoms with Crippen LogP contribution >= 0.6 is 34.3 Å². The van der Waals surface area contributed by atoms with Gasteiger partial charge in [0, 0.05) is 21.4 Å². The first kappa shape index (κ1) is 25.2. The SMILES string of the molecule is CC(C)(C)OC(=O)N(Cc1cccs1)c1cc(Cl)nc2c(-c3ccccc3)c(C3CCCCC3)sc12. The number of rotatable bonds is 5. The Hall–Kier alpha value is -2.41. The summed E-state index contributed by atoms with van der Waals surface area (Å²) in [5.41, 5.74) is 3.32. The summed E-state index contributed by atoms with van der Waals surface area (Å²) >= 11 is 10.1. The van der Waals surface area contributed by atoms with E-state index in [1.807, 2.05) is 50.4 Å². The van der Waals surface area contributed by atoms with Crippen LogP contribution in [0.15, 0.2) is 53.9 Å². The van der Waals surface area contributed by atoms with Gasteiger partial charge in [-0.1, -0.05) is 67.3 Å². The van der Waals surface area contributed by atoms with E-state index in [9.17, 15) is 4.79 Å². The number of hydrogen-bond acceptors (Lipinski definition) is 5. The number of fused-ring (bicyclic) bond motifs is 1. The first-order valence-electron chi connectivity index (χ1n) is 12.5. The molecule has 0 saturated heterocycles. The van der Waals surface area contributed by atoms with Crippen molar-refractivity contribution in [1.82, 2.24) is 4.98 Å². The number of anilines is 1. The van der Waals surface area contributed by atoms with Gasteiger partial charge in [-0.2, -0.15) is 0 Å². The van der Waals surface area contributed by atoms with Crippen LogP contribution in [0.1, 0.15) is 68.5 Å². The molecule has 1 fully saturated rings. The smallest absolute Gasteiger partial charge is 0.415 e. The van der Waals surface area contributed by atoms with Gasteiger partial charge in [0.15, 0.2) is 0 Å². The maximum Gasteiger partial charge on any atom is 0.415 e. The van der Waals surface area contributed by atoms with Gasteiger partial charge in [-0.3, -0.25) is 4.90 Å². The van der Waals surface area contributed by atoms with Crippen molar-refractivity contribution in [3.63, 3.8) is 0 Å². The largest absolute Gasteiger partial charge is 0.443 e. The standard InChI is InChI=1S/C29H31ClN2O2S2/c1-29(2,3)34-28(33)32(18-21-15-10-16-35-21)22-17-23(30)31-25-24(19-11-6-4-7-12-19)26(36-27(22)25)20-13-8-5-9-14-20/h4,6-7,10-12,15-17,20H,5,8-9,13-14,18H2,1-3H3. The minimum Gasteiger partial charge on any atom is -0.443 e. The number of carbonyl (C=O) groups is 1. The van der Waals surface area contributed by atoms with E-state index in [1.165, 1.54) is 37.0 Å². The molecule has 1 aliphatic rings. The van der Waals surface area contributed by atoms with Gasteiger partial charge in [-0.25, -0.2) is 9.78 Å². The zero-order valence-corrected chi connectivity index (χ0v) is 23.3. The highest BCUT2D eigenvalue weighted by Crippen LogP contribution is 2.49. The number of nitrogens with zero attached hydrogens (tertiary/aromatic N) is 2. The molecule has 0 atom stereocenters. The predicted molar refractivity (Wildman–Crippen MR) is 153 cm³/mol. The third-order valence-corrected chi connectivity index (χ3v) is 8.87. The topological polar surface area (TPSA) is 42.4 Å². The average Bonchev–Trinajstić information content (AvgIpc) is 3.50. The monoisotopic (exact) mass is 538 g/mol. The fraction of sp³-hybridized carbons (Fsp3) is 0.379. The Labute approximate surface area is 225 Å². The van der Waals surface area contributed by atoms with Crippen LogP contribution < -0.4 is 4.90 Å². The van der Waals surface area contributed by atoms with Gasteiger partial charge in [-0.05, 0) is 56.5 Å². The van der Waals surface area contributed by atoms with Crippen LogP contribution in [-0.4, -0.2) is 16.7 Å². The quantitative estimate of drug-likeness (QED) is 0.237. The van der Waals surface area contributed by atoms with Gasteiger partial charge in [0.05, 0.1) is 22.4 Å². The summed E-state index contributed by atoms with van der Waals surface area (Å²) < 4.78 is 6.85. The first-order valence-corrected chi connectivity index (χ1v) is 14.6. The van der Waals surface area contributed by atoms with Crippen molar-refractivity contribution in [1.29, 1.82) is 0 Å². The fourth-order valence-corrected chi connectivity index (χ4v) is 7.23. The first-order chi connectivity index (χ1) is 17.3. The minimum atomic E-state index is -0.612. The summed E-state index contributed by atoms with van der Waals surface area (Å²) in [6, 6.07) is 16.3. The second-order valence-electron chi connectivity index (χ2n) is 10.3. The Morgan fingerprint density at radius 2 is 1.86 bits per heavy atom. The maximum atomic E-state index is 13.6. The van der Waals surface area contributed by atoms with Crippen LogP contribution in [0.4, 0.5) is 10.5 Å². The van der Waals surface area contributed by atoms with Crippen LogP contribution in [-0.2, 0) is 11.3 Å². The van der Waals surface area contributed by atoms with E-state index < -0.39 is 5.60 Å². The molecule has 5 rings (SSSR count). The lowest BCUT2D eigenvalue weighted by atomic mass is 9.85. The molecule has 4 aromatic rings. The summed E-state index contributed by atoms with van der Waals surface area (Å²) in [5, 5.41) is 2.40. The highest BCUT2D eigenvalue weighted by atomic mass is 35.5. The molecule has 4 nitrogen and oxygen atoms in total. The molecule has 0 bridgehead atoms. The second-order valence-corrected chi connectivity index (χ2v) is 12.8. The molecule has 7 heteroatoms. The zero-order valence-electron chi connectivity index (χ0n) is 20.9. The second kappa shape index (κ2) is 10.5. The highest BCUT2D eigenvalue weighted by molar-refractivity contribution is 7.20. The van der Waals surface area contributed by atoms with Crippen molar-refractivity contribution in [2.24, 2.45) is 0 Å². The van der Waals surface area contributed by atoms with E-state index in [-0.39, 0.29) is 6.09 Å². The molecule has 1 aromatic carbocycles. The number of carbonyl (C=O) groups excluding carboxylic acids is 1. The summed E-state index contributed by atoms with van der Waals surface area (Å²) in [6.07, 6.45) is 5.77. The number of aromatic nitrogens is 1. The lowest BCUT2D eigenvalue weighted by molar-refractivity contribution is 0.0578. The molecule has 36 heavy (non-hydrogen) atoms. The average molecular weight is 539 g/mol. The van der Waals surface area contributed by atoms with E-state index in [0.717, 1.165) is 31.9 Å². The number of hydrogen-bond donors (Lipinski definition) is 0. The van der Waals surface area contributed by atoms with E-state index >= 15 is 0 Å². The van der Waals surface area contributed by atoms with Crippen molar-refractivity contribution in [2.45, 2.75) is 70.9 Å². The summed E-state index contributed by atoms with van der Waals surface area (Å²) in [4.78, 5) is 22.6. The van der Waals surface area contributed by atoms with Crippen molar-refractivity contribution in [2.75, 3.05) is 4.90 Å². The van der Waals surface area contributed by atoms with Gasteiger partial charge < -0.3 is 4.74 Å². The Morgan fingerprint density at radius 3 is 2.53 bits per heavy atom.